The van der Waals surface area contributed by atoms with Gasteiger partial charge in [0.1, 0.15) is 5.75 Å². The number of carbonyl (C=O) groups excluding carboxylic acids is 1. The number of amides is 1. The molecule has 0 bridgehead atoms. The van der Waals surface area contributed by atoms with Crippen LogP contribution in [-0.4, -0.2) is 55.0 Å². The second-order valence-electron chi connectivity index (χ2n) is 5.89. The van der Waals surface area contributed by atoms with Crippen LogP contribution in [0.25, 0.3) is 0 Å². The lowest BCUT2D eigenvalue weighted by atomic mass is 10.1. The molecule has 1 unspecified atom stereocenters. The van der Waals surface area contributed by atoms with Gasteiger partial charge < -0.3 is 14.5 Å². The third-order valence-corrected chi connectivity index (χ3v) is 4.22. The molecule has 0 radical (unpaired) electrons. The number of carbonyl (C=O) groups is 1. The predicted molar refractivity (Wildman–Crippen MR) is 84.7 cm³/mol. The van der Waals surface area contributed by atoms with Gasteiger partial charge in [-0.15, -0.1) is 0 Å². The Kier molecular flexibility index (Phi) is 5.23. The zero-order chi connectivity index (χ0) is 15.4. The van der Waals surface area contributed by atoms with E-state index in [-0.39, 0.29) is 12.0 Å². The molecule has 0 N–H and O–H groups in total. The molecule has 1 aromatic carbocycles. The third-order valence-electron chi connectivity index (χ3n) is 4.22. The van der Waals surface area contributed by atoms with E-state index >= 15 is 0 Å². The van der Waals surface area contributed by atoms with Crippen LogP contribution in [0.5, 0.6) is 5.75 Å². The molecule has 1 saturated heterocycles. The summed E-state index contributed by atoms with van der Waals surface area (Å²) in [5.74, 6) is 0.899. The fourth-order valence-corrected chi connectivity index (χ4v) is 2.49. The van der Waals surface area contributed by atoms with Crippen molar-refractivity contribution in [1.82, 2.24) is 9.80 Å². The van der Waals surface area contributed by atoms with Gasteiger partial charge in [-0.25, -0.2) is 0 Å². The van der Waals surface area contributed by atoms with Crippen molar-refractivity contribution >= 4 is 5.91 Å². The van der Waals surface area contributed by atoms with Gasteiger partial charge in [0.25, 0.3) is 5.91 Å². The van der Waals surface area contributed by atoms with E-state index in [1.54, 1.807) is 0 Å². The maximum absolute atomic E-state index is 12.6. The minimum absolute atomic E-state index is 0.115. The second-order valence-corrected chi connectivity index (χ2v) is 5.89. The van der Waals surface area contributed by atoms with Gasteiger partial charge >= 0.3 is 0 Å². The Labute approximate surface area is 127 Å². The first-order valence-electron chi connectivity index (χ1n) is 7.72. The highest BCUT2D eigenvalue weighted by Crippen LogP contribution is 2.19. The molecule has 4 heteroatoms. The molecule has 1 aliphatic heterocycles. The summed E-state index contributed by atoms with van der Waals surface area (Å²) in [4.78, 5) is 16.7. The molecule has 1 aliphatic rings. The number of hydrogen-bond donors (Lipinski definition) is 0. The van der Waals surface area contributed by atoms with Crippen molar-refractivity contribution in [2.24, 2.45) is 0 Å². The van der Waals surface area contributed by atoms with Gasteiger partial charge in [-0.2, -0.15) is 0 Å². The highest BCUT2D eigenvalue weighted by Gasteiger charge is 2.26. The number of rotatable bonds is 4. The highest BCUT2D eigenvalue weighted by molar-refractivity contribution is 5.81. The zero-order valence-electron chi connectivity index (χ0n) is 13.6. The number of ether oxygens (including phenoxy) is 1. The first-order valence-corrected chi connectivity index (χ1v) is 7.72. The molecule has 0 aliphatic carbocycles. The summed E-state index contributed by atoms with van der Waals surface area (Å²) >= 11 is 0. The summed E-state index contributed by atoms with van der Waals surface area (Å²) < 4.78 is 5.94. The van der Waals surface area contributed by atoms with Gasteiger partial charge in [-0.3, -0.25) is 4.79 Å². The number of nitrogens with zero attached hydrogens (tertiary/aromatic N) is 2. The Morgan fingerprint density at radius 1 is 1.19 bits per heavy atom. The molecule has 116 valence electrons. The van der Waals surface area contributed by atoms with E-state index < -0.39 is 0 Å². The molecule has 0 spiro atoms. The maximum Gasteiger partial charge on any atom is 0.263 e. The fourth-order valence-electron chi connectivity index (χ4n) is 2.49. The van der Waals surface area contributed by atoms with E-state index in [4.69, 9.17) is 4.74 Å². The van der Waals surface area contributed by atoms with Crippen LogP contribution in [0.15, 0.2) is 18.2 Å². The Morgan fingerprint density at radius 2 is 1.86 bits per heavy atom. The van der Waals surface area contributed by atoms with E-state index in [1.807, 2.05) is 30.0 Å². The van der Waals surface area contributed by atoms with Crippen molar-refractivity contribution in [3.63, 3.8) is 0 Å². The van der Waals surface area contributed by atoms with E-state index in [0.717, 1.165) is 31.9 Å². The van der Waals surface area contributed by atoms with Crippen LogP contribution in [0.2, 0.25) is 0 Å². The molecule has 1 atom stereocenters. The van der Waals surface area contributed by atoms with Crippen molar-refractivity contribution in [2.75, 3.05) is 33.2 Å². The molecule has 1 fully saturated rings. The average Bonchev–Trinajstić information content (AvgIpc) is 2.48. The summed E-state index contributed by atoms with van der Waals surface area (Å²) in [5, 5.41) is 0. The van der Waals surface area contributed by atoms with Crippen molar-refractivity contribution in [3.05, 3.63) is 29.3 Å². The molecule has 1 amide bonds. The Balaban J connectivity index is 2.01. The van der Waals surface area contributed by atoms with Crippen LogP contribution < -0.4 is 4.74 Å². The Morgan fingerprint density at radius 3 is 2.43 bits per heavy atom. The predicted octanol–water partition coefficient (Wildman–Crippen LogP) is 2.23. The van der Waals surface area contributed by atoms with Gasteiger partial charge in [0.05, 0.1) is 0 Å². The van der Waals surface area contributed by atoms with Gasteiger partial charge in [-0.05, 0) is 50.6 Å². The summed E-state index contributed by atoms with van der Waals surface area (Å²) in [6.07, 6.45) is 0.313. The third kappa shape index (κ3) is 3.97. The minimum Gasteiger partial charge on any atom is -0.481 e. The molecule has 2 rings (SSSR count). The first-order chi connectivity index (χ1) is 10.0. The molecule has 1 heterocycles. The van der Waals surface area contributed by atoms with Gasteiger partial charge in [0, 0.05) is 26.2 Å². The van der Waals surface area contributed by atoms with E-state index in [0.29, 0.717) is 6.42 Å². The lowest BCUT2D eigenvalue weighted by Gasteiger charge is -2.34. The molecule has 4 nitrogen and oxygen atoms in total. The van der Waals surface area contributed by atoms with E-state index in [9.17, 15) is 4.79 Å². The standard InChI is InChI=1S/C17H26N2O2/c1-5-16(17(20)19-10-8-18(4)9-11-19)21-15-7-6-13(2)14(3)12-15/h6-7,12,16H,5,8-11H2,1-4H3. The van der Waals surface area contributed by atoms with Crippen molar-refractivity contribution in [2.45, 2.75) is 33.3 Å². The summed E-state index contributed by atoms with van der Waals surface area (Å²) in [6, 6.07) is 6.00. The van der Waals surface area contributed by atoms with Crippen LogP contribution in [0.1, 0.15) is 24.5 Å². The number of hydrogen-bond acceptors (Lipinski definition) is 3. The second kappa shape index (κ2) is 6.94. The van der Waals surface area contributed by atoms with Crippen LogP contribution in [0, 0.1) is 13.8 Å². The van der Waals surface area contributed by atoms with Crippen LogP contribution in [0.4, 0.5) is 0 Å². The molecule has 1 aromatic rings. The minimum atomic E-state index is -0.379. The van der Waals surface area contributed by atoms with Gasteiger partial charge in [-0.1, -0.05) is 13.0 Å². The highest BCUT2D eigenvalue weighted by atomic mass is 16.5. The first kappa shape index (κ1) is 15.8. The van der Waals surface area contributed by atoms with E-state index in [2.05, 4.69) is 25.8 Å². The topological polar surface area (TPSA) is 32.8 Å². The van der Waals surface area contributed by atoms with Crippen LogP contribution in [-0.2, 0) is 4.79 Å². The Bertz CT molecular complexity index is 494. The number of aryl methyl sites for hydroxylation is 2. The van der Waals surface area contributed by atoms with Crippen LogP contribution >= 0.6 is 0 Å². The number of benzene rings is 1. The van der Waals surface area contributed by atoms with Gasteiger partial charge in [0.15, 0.2) is 6.10 Å². The van der Waals surface area contributed by atoms with Crippen molar-refractivity contribution < 1.29 is 9.53 Å². The average molecular weight is 290 g/mol. The van der Waals surface area contributed by atoms with Gasteiger partial charge in [0.2, 0.25) is 0 Å². The normalized spacial score (nSPS) is 17.6. The molecular formula is C17H26N2O2. The lowest BCUT2D eigenvalue weighted by Crippen LogP contribution is -2.51. The summed E-state index contributed by atoms with van der Waals surface area (Å²) in [5.41, 5.74) is 2.43. The van der Waals surface area contributed by atoms with Crippen LogP contribution in [0.3, 0.4) is 0 Å². The lowest BCUT2D eigenvalue weighted by molar-refractivity contribution is -0.140. The Hall–Kier alpha value is -1.55. The van der Waals surface area contributed by atoms with E-state index in [1.165, 1.54) is 11.1 Å². The number of piperazine rings is 1. The molecule has 21 heavy (non-hydrogen) atoms. The largest absolute Gasteiger partial charge is 0.481 e. The SMILES string of the molecule is CCC(Oc1ccc(C)c(C)c1)C(=O)N1CCN(C)CC1. The zero-order valence-corrected chi connectivity index (χ0v) is 13.6. The quantitative estimate of drug-likeness (QED) is 0.852. The summed E-state index contributed by atoms with van der Waals surface area (Å²) in [6.45, 7) is 9.60. The monoisotopic (exact) mass is 290 g/mol. The summed E-state index contributed by atoms with van der Waals surface area (Å²) in [7, 11) is 2.09. The molecule has 0 saturated carbocycles. The number of likely N-dealkylation sites (N-methyl/N-ethyl adjacent to an activating group) is 1. The fraction of sp³-hybridized carbons (Fsp3) is 0.588. The maximum atomic E-state index is 12.6. The van der Waals surface area contributed by atoms with Crippen molar-refractivity contribution in [1.29, 1.82) is 0 Å². The molecular weight excluding hydrogens is 264 g/mol. The van der Waals surface area contributed by atoms with Crippen molar-refractivity contribution in [3.8, 4) is 5.75 Å². The molecule has 0 aromatic heterocycles. The smallest absolute Gasteiger partial charge is 0.263 e.